The first kappa shape index (κ1) is 15.5. The Morgan fingerprint density at radius 2 is 2.29 bits per heavy atom. The van der Waals surface area contributed by atoms with Crippen LogP contribution < -0.4 is 21.2 Å². The van der Waals surface area contributed by atoms with E-state index in [0.29, 0.717) is 21.6 Å². The second kappa shape index (κ2) is 6.72. The van der Waals surface area contributed by atoms with Crippen LogP contribution >= 0.6 is 22.7 Å². The minimum atomic E-state index is -0.297. The van der Waals surface area contributed by atoms with Gasteiger partial charge in [-0.2, -0.15) is 0 Å². The Kier molecular flexibility index (Phi) is 4.97. The standard InChI is InChI=1S/C12H17N5O2S2/c1-6(2)3-15-11-17-9(13)8(21-11)10(18)14-4-7-5-20-12(19)16-7/h5-6H,3-4,13H2,1-2H3,(H,14,18)(H,15,17)(H,16,19). The van der Waals surface area contributed by atoms with Crippen LogP contribution in [0.4, 0.5) is 10.9 Å². The van der Waals surface area contributed by atoms with Crippen molar-refractivity contribution in [3.8, 4) is 0 Å². The van der Waals surface area contributed by atoms with E-state index in [2.05, 4.69) is 34.4 Å². The van der Waals surface area contributed by atoms with E-state index in [-0.39, 0.29) is 23.1 Å². The van der Waals surface area contributed by atoms with Gasteiger partial charge in [-0.3, -0.25) is 9.59 Å². The van der Waals surface area contributed by atoms with Gasteiger partial charge in [0, 0.05) is 17.6 Å². The van der Waals surface area contributed by atoms with Crippen molar-refractivity contribution in [1.29, 1.82) is 0 Å². The Morgan fingerprint density at radius 3 is 2.90 bits per heavy atom. The number of anilines is 2. The number of H-pyrrole nitrogens is 1. The Morgan fingerprint density at radius 1 is 1.52 bits per heavy atom. The van der Waals surface area contributed by atoms with Crippen LogP contribution in [0.3, 0.4) is 0 Å². The summed E-state index contributed by atoms with van der Waals surface area (Å²) in [5, 5.41) is 8.16. The number of thiazole rings is 2. The molecule has 9 heteroatoms. The molecule has 0 saturated heterocycles. The lowest BCUT2D eigenvalue weighted by molar-refractivity contribution is 0.0955. The monoisotopic (exact) mass is 327 g/mol. The van der Waals surface area contributed by atoms with Crippen molar-refractivity contribution in [2.75, 3.05) is 17.6 Å². The summed E-state index contributed by atoms with van der Waals surface area (Å²) in [6, 6.07) is 0. The smallest absolute Gasteiger partial charge is 0.304 e. The molecule has 21 heavy (non-hydrogen) atoms. The third kappa shape index (κ3) is 4.30. The van der Waals surface area contributed by atoms with E-state index >= 15 is 0 Å². The molecule has 0 spiro atoms. The summed E-state index contributed by atoms with van der Waals surface area (Å²) in [5.41, 5.74) is 6.43. The van der Waals surface area contributed by atoms with E-state index < -0.39 is 0 Å². The number of carbonyl (C=O) groups is 1. The molecule has 0 aliphatic rings. The molecule has 0 unspecified atom stereocenters. The van der Waals surface area contributed by atoms with Gasteiger partial charge >= 0.3 is 4.87 Å². The van der Waals surface area contributed by atoms with E-state index in [0.717, 1.165) is 17.9 Å². The van der Waals surface area contributed by atoms with Gasteiger partial charge in [0.05, 0.1) is 6.54 Å². The zero-order valence-electron chi connectivity index (χ0n) is 11.7. The first-order valence-corrected chi connectivity index (χ1v) is 8.10. The highest BCUT2D eigenvalue weighted by atomic mass is 32.1. The maximum absolute atomic E-state index is 12.1. The normalized spacial score (nSPS) is 10.8. The number of hydrogen-bond donors (Lipinski definition) is 4. The first-order valence-electron chi connectivity index (χ1n) is 6.40. The number of aromatic nitrogens is 2. The Hall–Kier alpha value is -1.87. The summed E-state index contributed by atoms with van der Waals surface area (Å²) in [6.07, 6.45) is 0. The SMILES string of the molecule is CC(C)CNc1nc(N)c(C(=O)NCc2csc(=O)[nH]2)s1. The number of rotatable bonds is 6. The van der Waals surface area contributed by atoms with Gasteiger partial charge in [-0.05, 0) is 5.92 Å². The number of aromatic amines is 1. The van der Waals surface area contributed by atoms with Crippen LogP contribution in [0.1, 0.15) is 29.2 Å². The Bertz CT molecular complexity index is 673. The van der Waals surface area contributed by atoms with Crippen LogP contribution in [-0.4, -0.2) is 22.4 Å². The quantitative estimate of drug-likeness (QED) is 0.642. The maximum Gasteiger partial charge on any atom is 0.304 e. The third-order valence-electron chi connectivity index (χ3n) is 2.53. The fourth-order valence-corrected chi connectivity index (χ4v) is 2.91. The largest absolute Gasteiger partial charge is 0.382 e. The van der Waals surface area contributed by atoms with E-state index in [1.807, 2.05) is 0 Å². The fraction of sp³-hybridized carbons (Fsp3) is 0.417. The van der Waals surface area contributed by atoms with Gasteiger partial charge in [0.2, 0.25) is 0 Å². The molecule has 2 rings (SSSR count). The molecule has 0 fully saturated rings. The molecule has 5 N–H and O–H groups in total. The van der Waals surface area contributed by atoms with Crippen molar-refractivity contribution >= 4 is 39.5 Å². The maximum atomic E-state index is 12.1. The molecule has 0 radical (unpaired) electrons. The second-order valence-electron chi connectivity index (χ2n) is 4.86. The predicted octanol–water partition coefficient (Wildman–Crippen LogP) is 1.47. The van der Waals surface area contributed by atoms with Crippen LogP contribution in [-0.2, 0) is 6.54 Å². The minimum absolute atomic E-state index is 0.142. The van der Waals surface area contributed by atoms with Gasteiger partial charge in [-0.15, -0.1) is 0 Å². The third-order valence-corrected chi connectivity index (χ3v) is 4.28. The number of nitrogens with two attached hydrogens (primary N) is 1. The summed E-state index contributed by atoms with van der Waals surface area (Å²) < 4.78 is 0. The number of hydrogen-bond acceptors (Lipinski definition) is 7. The highest BCUT2D eigenvalue weighted by Gasteiger charge is 2.16. The summed E-state index contributed by atoms with van der Waals surface area (Å²) in [5.74, 6) is 0.389. The van der Waals surface area contributed by atoms with Gasteiger partial charge in [-0.1, -0.05) is 36.5 Å². The molecular formula is C12H17N5O2S2. The van der Waals surface area contributed by atoms with Crippen molar-refractivity contribution in [2.24, 2.45) is 5.92 Å². The van der Waals surface area contributed by atoms with Gasteiger partial charge < -0.3 is 21.4 Å². The molecule has 114 valence electrons. The summed E-state index contributed by atoms with van der Waals surface area (Å²) in [7, 11) is 0. The summed E-state index contributed by atoms with van der Waals surface area (Å²) in [4.78, 5) is 30.1. The van der Waals surface area contributed by atoms with Gasteiger partial charge in [0.1, 0.15) is 10.7 Å². The van der Waals surface area contributed by atoms with Crippen molar-refractivity contribution in [3.63, 3.8) is 0 Å². The highest BCUT2D eigenvalue weighted by molar-refractivity contribution is 7.18. The molecule has 2 heterocycles. The number of nitrogens with zero attached hydrogens (tertiary/aromatic N) is 1. The zero-order valence-corrected chi connectivity index (χ0v) is 13.4. The van der Waals surface area contributed by atoms with Crippen LogP contribution in [0.2, 0.25) is 0 Å². The molecule has 0 bridgehead atoms. The molecular weight excluding hydrogens is 310 g/mol. The van der Waals surface area contributed by atoms with Crippen LogP contribution in [0.15, 0.2) is 10.2 Å². The highest BCUT2D eigenvalue weighted by Crippen LogP contribution is 2.25. The molecule has 0 saturated carbocycles. The van der Waals surface area contributed by atoms with E-state index in [1.54, 1.807) is 5.38 Å². The lowest BCUT2D eigenvalue weighted by atomic mass is 10.2. The minimum Gasteiger partial charge on any atom is -0.382 e. The number of carbonyl (C=O) groups excluding carboxylic acids is 1. The Balaban J connectivity index is 1.97. The molecule has 2 aromatic heterocycles. The second-order valence-corrected chi connectivity index (χ2v) is 6.71. The van der Waals surface area contributed by atoms with Crippen LogP contribution in [0, 0.1) is 5.92 Å². The summed E-state index contributed by atoms with van der Waals surface area (Å²) in [6.45, 7) is 5.19. The lowest BCUT2D eigenvalue weighted by Crippen LogP contribution is -2.23. The van der Waals surface area contributed by atoms with Crippen LogP contribution in [0.5, 0.6) is 0 Å². The number of nitrogens with one attached hydrogen (secondary N) is 3. The fourth-order valence-electron chi connectivity index (χ4n) is 1.52. The van der Waals surface area contributed by atoms with E-state index in [4.69, 9.17) is 5.73 Å². The van der Waals surface area contributed by atoms with Crippen molar-refractivity contribution in [1.82, 2.24) is 15.3 Å². The van der Waals surface area contributed by atoms with E-state index in [1.165, 1.54) is 11.3 Å². The van der Waals surface area contributed by atoms with E-state index in [9.17, 15) is 9.59 Å². The lowest BCUT2D eigenvalue weighted by Gasteiger charge is -2.04. The van der Waals surface area contributed by atoms with Gasteiger partial charge in [0.15, 0.2) is 5.13 Å². The molecule has 0 aliphatic heterocycles. The van der Waals surface area contributed by atoms with Crippen molar-refractivity contribution in [3.05, 3.63) is 25.6 Å². The number of nitrogen functional groups attached to an aromatic ring is 1. The molecule has 7 nitrogen and oxygen atoms in total. The van der Waals surface area contributed by atoms with Crippen LogP contribution in [0.25, 0.3) is 0 Å². The topological polar surface area (TPSA) is 113 Å². The summed E-state index contributed by atoms with van der Waals surface area (Å²) >= 11 is 2.28. The zero-order chi connectivity index (χ0) is 15.4. The van der Waals surface area contributed by atoms with Gasteiger partial charge in [0.25, 0.3) is 5.91 Å². The van der Waals surface area contributed by atoms with Crippen molar-refractivity contribution < 1.29 is 4.79 Å². The molecule has 1 amide bonds. The molecule has 0 aromatic carbocycles. The predicted molar refractivity (Wildman–Crippen MR) is 86.0 cm³/mol. The Labute approximate surface area is 129 Å². The number of amides is 1. The average Bonchev–Trinajstić information content (AvgIpc) is 3.00. The molecule has 2 aromatic rings. The molecule has 0 aliphatic carbocycles. The van der Waals surface area contributed by atoms with Crippen molar-refractivity contribution in [2.45, 2.75) is 20.4 Å². The molecule has 0 atom stereocenters. The average molecular weight is 327 g/mol. The van der Waals surface area contributed by atoms with Gasteiger partial charge in [-0.25, -0.2) is 4.98 Å². The first-order chi connectivity index (χ1) is 9.95.